The number of hydrogen-bond donors (Lipinski definition) is 1. The molecule has 23 heavy (non-hydrogen) atoms. The smallest absolute Gasteiger partial charge is 0.315 e. The zero-order valence-corrected chi connectivity index (χ0v) is 12.9. The lowest BCUT2D eigenvalue weighted by molar-refractivity contribution is 0.460. The number of anilines is 1. The Morgan fingerprint density at radius 2 is 1.96 bits per heavy atom. The third kappa shape index (κ3) is 4.03. The fourth-order valence-electron chi connectivity index (χ4n) is 1.85. The van der Waals surface area contributed by atoms with E-state index in [0.29, 0.717) is 30.1 Å². The van der Waals surface area contributed by atoms with E-state index in [2.05, 4.69) is 25.5 Å². The van der Waals surface area contributed by atoms with Crippen LogP contribution in [0.4, 0.5) is 6.01 Å². The van der Waals surface area contributed by atoms with Gasteiger partial charge >= 0.3 is 6.01 Å². The van der Waals surface area contributed by atoms with Gasteiger partial charge in [0.15, 0.2) is 0 Å². The number of nitrogens with zero attached hydrogens (tertiary/aromatic N) is 4. The van der Waals surface area contributed by atoms with Crippen molar-refractivity contribution in [1.29, 1.82) is 0 Å². The van der Waals surface area contributed by atoms with Crippen molar-refractivity contribution in [3.8, 4) is 11.6 Å². The minimum absolute atomic E-state index is 0.218. The van der Waals surface area contributed by atoms with Crippen molar-refractivity contribution in [2.24, 2.45) is 0 Å². The van der Waals surface area contributed by atoms with Crippen LogP contribution in [0.5, 0.6) is 11.6 Å². The van der Waals surface area contributed by atoms with E-state index >= 15 is 0 Å². The van der Waals surface area contributed by atoms with Gasteiger partial charge in [0.1, 0.15) is 5.75 Å². The molecule has 0 fully saturated rings. The van der Waals surface area contributed by atoms with Crippen molar-refractivity contribution in [3.63, 3.8) is 0 Å². The average Bonchev–Trinajstić information content (AvgIpc) is 3.04. The van der Waals surface area contributed by atoms with Crippen molar-refractivity contribution in [2.45, 2.75) is 26.3 Å². The van der Waals surface area contributed by atoms with Crippen LogP contribution in [-0.2, 0) is 6.54 Å². The van der Waals surface area contributed by atoms with Crippen molar-refractivity contribution in [2.75, 3.05) is 5.32 Å². The molecule has 3 aromatic rings. The predicted molar refractivity (Wildman–Crippen MR) is 84.3 cm³/mol. The van der Waals surface area contributed by atoms with Crippen LogP contribution >= 0.6 is 0 Å². The lowest BCUT2D eigenvalue weighted by Gasteiger charge is -2.05. The maximum atomic E-state index is 5.59. The first-order valence-electron chi connectivity index (χ1n) is 7.31. The molecule has 0 aliphatic heterocycles. The third-order valence-electron chi connectivity index (χ3n) is 3.06. The van der Waals surface area contributed by atoms with Crippen molar-refractivity contribution in [3.05, 3.63) is 54.3 Å². The van der Waals surface area contributed by atoms with Crippen LogP contribution < -0.4 is 10.1 Å². The molecule has 0 aliphatic carbocycles. The molecule has 0 bridgehead atoms. The third-order valence-corrected chi connectivity index (χ3v) is 3.06. The minimum Gasteiger partial charge on any atom is -0.438 e. The first kappa shape index (κ1) is 15.0. The molecule has 0 saturated carbocycles. The van der Waals surface area contributed by atoms with E-state index in [-0.39, 0.29) is 5.92 Å². The van der Waals surface area contributed by atoms with Gasteiger partial charge in [0.05, 0.1) is 6.20 Å². The summed E-state index contributed by atoms with van der Waals surface area (Å²) in [6.07, 6.45) is 4.75. The Bertz CT molecular complexity index is 741. The van der Waals surface area contributed by atoms with Gasteiger partial charge in [0.25, 0.3) is 0 Å². The van der Waals surface area contributed by atoms with E-state index in [1.165, 1.54) is 0 Å². The van der Waals surface area contributed by atoms with E-state index in [1.807, 2.05) is 38.1 Å². The topological polar surface area (TPSA) is 86.0 Å². The van der Waals surface area contributed by atoms with Crippen LogP contribution in [0, 0.1) is 0 Å². The summed E-state index contributed by atoms with van der Waals surface area (Å²) in [4.78, 5) is 8.02. The Labute approximate surface area is 133 Å². The van der Waals surface area contributed by atoms with Gasteiger partial charge in [-0.25, -0.2) is 4.98 Å². The second-order valence-electron chi connectivity index (χ2n) is 5.24. The molecule has 7 nitrogen and oxygen atoms in total. The highest BCUT2D eigenvalue weighted by Gasteiger charge is 2.09. The molecule has 0 spiro atoms. The van der Waals surface area contributed by atoms with Gasteiger partial charge in [-0.2, -0.15) is 0 Å². The minimum atomic E-state index is 0.218. The first-order chi connectivity index (χ1) is 11.2. The van der Waals surface area contributed by atoms with Crippen molar-refractivity contribution >= 4 is 6.01 Å². The van der Waals surface area contributed by atoms with E-state index < -0.39 is 0 Å². The average molecular weight is 311 g/mol. The molecule has 7 heteroatoms. The maximum Gasteiger partial charge on any atom is 0.315 e. The number of nitrogens with one attached hydrogen (secondary N) is 1. The van der Waals surface area contributed by atoms with Crippen LogP contribution in [0.1, 0.15) is 31.2 Å². The molecular weight excluding hydrogens is 294 g/mol. The first-order valence-corrected chi connectivity index (χ1v) is 7.31. The highest BCUT2D eigenvalue weighted by molar-refractivity contribution is 5.31. The molecule has 2 heterocycles. The van der Waals surface area contributed by atoms with Crippen molar-refractivity contribution in [1.82, 2.24) is 20.2 Å². The van der Waals surface area contributed by atoms with E-state index in [4.69, 9.17) is 9.15 Å². The van der Waals surface area contributed by atoms with Gasteiger partial charge in [-0.3, -0.25) is 4.98 Å². The normalized spacial score (nSPS) is 10.7. The lowest BCUT2D eigenvalue weighted by atomic mass is 10.2. The number of rotatable bonds is 6. The predicted octanol–water partition coefficient (Wildman–Crippen LogP) is 3.39. The van der Waals surface area contributed by atoms with E-state index in [0.717, 1.165) is 5.56 Å². The lowest BCUT2D eigenvalue weighted by Crippen LogP contribution is -1.99. The number of benzene rings is 1. The summed E-state index contributed by atoms with van der Waals surface area (Å²) in [5.41, 5.74) is 1.07. The molecule has 2 aromatic heterocycles. The SMILES string of the molecule is CC(C)c1nnc(NCc2ccc(Oc3cnccn3)cc2)o1. The van der Waals surface area contributed by atoms with Gasteiger partial charge in [0.2, 0.25) is 11.8 Å². The summed E-state index contributed by atoms with van der Waals surface area (Å²) in [6.45, 7) is 4.60. The van der Waals surface area contributed by atoms with Gasteiger partial charge in [0, 0.05) is 24.9 Å². The summed E-state index contributed by atoms with van der Waals surface area (Å²) in [7, 11) is 0. The molecule has 0 aliphatic rings. The Balaban J connectivity index is 1.56. The molecule has 0 radical (unpaired) electrons. The van der Waals surface area contributed by atoms with Gasteiger partial charge in [-0.05, 0) is 17.7 Å². The van der Waals surface area contributed by atoms with Gasteiger partial charge < -0.3 is 14.5 Å². The quantitative estimate of drug-likeness (QED) is 0.746. The number of aromatic nitrogens is 4. The van der Waals surface area contributed by atoms with Crippen LogP contribution in [0.3, 0.4) is 0 Å². The van der Waals surface area contributed by atoms with Crippen LogP contribution in [0.15, 0.2) is 47.3 Å². The van der Waals surface area contributed by atoms with E-state index in [9.17, 15) is 0 Å². The van der Waals surface area contributed by atoms with Crippen LogP contribution in [-0.4, -0.2) is 20.2 Å². The number of ether oxygens (including phenoxy) is 1. The highest BCUT2D eigenvalue weighted by Crippen LogP contribution is 2.19. The zero-order chi connectivity index (χ0) is 16.1. The Kier molecular flexibility index (Phi) is 4.46. The summed E-state index contributed by atoms with van der Waals surface area (Å²) in [5, 5.41) is 11.0. The monoisotopic (exact) mass is 311 g/mol. The molecule has 0 saturated heterocycles. The summed E-state index contributed by atoms with van der Waals surface area (Å²) in [5.74, 6) is 2.01. The standard InChI is InChI=1S/C16H17N5O2/c1-11(2)15-20-21-16(23-15)19-9-12-3-5-13(6-4-12)22-14-10-17-7-8-18-14/h3-8,10-11H,9H2,1-2H3,(H,19,21). The molecule has 118 valence electrons. The molecular formula is C16H17N5O2. The second kappa shape index (κ2) is 6.87. The largest absolute Gasteiger partial charge is 0.438 e. The summed E-state index contributed by atoms with van der Waals surface area (Å²) in [6, 6.07) is 8.09. The van der Waals surface area contributed by atoms with Crippen LogP contribution in [0.2, 0.25) is 0 Å². The van der Waals surface area contributed by atoms with Gasteiger partial charge in [-0.15, -0.1) is 5.10 Å². The fourth-order valence-corrected chi connectivity index (χ4v) is 1.85. The Morgan fingerprint density at radius 3 is 2.61 bits per heavy atom. The highest BCUT2D eigenvalue weighted by atomic mass is 16.5. The Morgan fingerprint density at radius 1 is 1.13 bits per heavy atom. The summed E-state index contributed by atoms with van der Waals surface area (Å²) >= 11 is 0. The van der Waals surface area contributed by atoms with E-state index in [1.54, 1.807) is 18.6 Å². The molecule has 0 amide bonds. The molecule has 1 N–H and O–H groups in total. The molecule has 0 atom stereocenters. The summed E-state index contributed by atoms with van der Waals surface area (Å²) < 4.78 is 11.1. The molecule has 1 aromatic carbocycles. The second-order valence-corrected chi connectivity index (χ2v) is 5.24. The molecule has 3 rings (SSSR count). The van der Waals surface area contributed by atoms with Crippen LogP contribution in [0.25, 0.3) is 0 Å². The Hall–Kier alpha value is -2.96. The maximum absolute atomic E-state index is 5.59. The van der Waals surface area contributed by atoms with Gasteiger partial charge in [-0.1, -0.05) is 31.1 Å². The fraction of sp³-hybridized carbons (Fsp3) is 0.250. The number of hydrogen-bond acceptors (Lipinski definition) is 7. The molecule has 0 unspecified atom stereocenters. The zero-order valence-electron chi connectivity index (χ0n) is 12.9. The van der Waals surface area contributed by atoms with Crippen molar-refractivity contribution < 1.29 is 9.15 Å².